The number of piperidine rings is 1. The van der Waals surface area contributed by atoms with Gasteiger partial charge in [0.25, 0.3) is 5.91 Å². The number of anilines is 1. The van der Waals surface area contributed by atoms with Crippen molar-refractivity contribution in [2.24, 2.45) is 5.92 Å². The van der Waals surface area contributed by atoms with E-state index in [1.165, 1.54) is 12.8 Å². The summed E-state index contributed by atoms with van der Waals surface area (Å²) in [7, 11) is 0. The summed E-state index contributed by atoms with van der Waals surface area (Å²) in [5.41, 5.74) is 2.41. The highest BCUT2D eigenvalue weighted by Crippen LogP contribution is 2.26. The lowest BCUT2D eigenvalue weighted by Crippen LogP contribution is -2.35. The van der Waals surface area contributed by atoms with Crippen molar-refractivity contribution < 1.29 is 14.6 Å². The van der Waals surface area contributed by atoms with Gasteiger partial charge in [-0.25, -0.2) is 4.98 Å². The van der Waals surface area contributed by atoms with E-state index >= 15 is 0 Å². The number of halogens is 1. The van der Waals surface area contributed by atoms with Crippen LogP contribution < -0.4 is 15.0 Å². The number of carbonyl (C=O) groups is 1. The molecule has 1 aliphatic heterocycles. The number of amides is 1. The quantitative estimate of drug-likeness (QED) is 0.538. The Labute approximate surface area is 195 Å². The molecule has 7 heteroatoms. The second kappa shape index (κ2) is 11.5. The lowest BCUT2D eigenvalue weighted by atomic mass is 9.92. The number of aliphatic hydroxyl groups excluding tert-OH is 1. The molecule has 2 aromatic rings. The predicted octanol–water partition coefficient (Wildman–Crippen LogP) is 4.54. The third-order valence-corrected chi connectivity index (χ3v) is 6.28. The maximum Gasteiger partial charge on any atom is 0.252 e. The van der Waals surface area contributed by atoms with E-state index in [4.69, 9.17) is 21.4 Å². The minimum absolute atomic E-state index is 0.0813. The van der Waals surface area contributed by atoms with Crippen LogP contribution in [0.15, 0.2) is 30.5 Å². The van der Waals surface area contributed by atoms with Crippen molar-refractivity contribution in [3.63, 3.8) is 0 Å². The molecule has 1 aliphatic rings. The van der Waals surface area contributed by atoms with Crippen LogP contribution in [0.3, 0.4) is 0 Å². The van der Waals surface area contributed by atoms with Crippen molar-refractivity contribution in [2.75, 3.05) is 31.2 Å². The van der Waals surface area contributed by atoms with Crippen LogP contribution >= 0.6 is 11.6 Å². The molecule has 3 rings (SSSR count). The van der Waals surface area contributed by atoms with Gasteiger partial charge < -0.3 is 20.1 Å². The van der Waals surface area contributed by atoms with Crippen LogP contribution in [0.5, 0.6) is 5.75 Å². The number of aryl methyl sites for hydroxylation is 2. The molecule has 1 fully saturated rings. The summed E-state index contributed by atoms with van der Waals surface area (Å²) in [6.07, 6.45) is 6.20. The highest BCUT2D eigenvalue weighted by molar-refractivity contribution is 6.30. The Morgan fingerprint density at radius 2 is 1.97 bits per heavy atom. The second-order valence-electron chi connectivity index (χ2n) is 8.74. The smallest absolute Gasteiger partial charge is 0.252 e. The van der Waals surface area contributed by atoms with Crippen LogP contribution in [0.2, 0.25) is 5.02 Å². The normalized spacial score (nSPS) is 15.5. The lowest BCUT2D eigenvalue weighted by molar-refractivity contribution is 0.0921. The largest absolute Gasteiger partial charge is 0.494 e. The number of aromatic nitrogens is 1. The molecule has 1 aromatic carbocycles. The Bertz CT molecular complexity index is 873. The summed E-state index contributed by atoms with van der Waals surface area (Å²) in [5, 5.41) is 12.6. The van der Waals surface area contributed by atoms with Gasteiger partial charge in [0.15, 0.2) is 0 Å². The summed E-state index contributed by atoms with van der Waals surface area (Å²) in [6.45, 7) is 8.25. The van der Waals surface area contributed by atoms with E-state index in [9.17, 15) is 4.79 Å². The number of nitrogens with one attached hydrogen (secondary N) is 1. The van der Waals surface area contributed by atoms with E-state index in [-0.39, 0.29) is 18.6 Å². The van der Waals surface area contributed by atoms with Crippen molar-refractivity contribution in [3.05, 3.63) is 52.2 Å². The number of hydrogen-bond donors (Lipinski definition) is 2. The van der Waals surface area contributed by atoms with E-state index < -0.39 is 0 Å². The van der Waals surface area contributed by atoms with Gasteiger partial charge in [-0.15, -0.1) is 0 Å². The minimum Gasteiger partial charge on any atom is -0.494 e. The molecular formula is C25H34ClN3O3. The second-order valence-corrected chi connectivity index (χ2v) is 9.18. The van der Waals surface area contributed by atoms with Crippen molar-refractivity contribution in [1.29, 1.82) is 0 Å². The molecule has 32 heavy (non-hydrogen) atoms. The van der Waals surface area contributed by atoms with Crippen molar-refractivity contribution in [3.8, 4) is 5.75 Å². The van der Waals surface area contributed by atoms with Gasteiger partial charge in [0.05, 0.1) is 18.2 Å². The number of rotatable bonds is 9. The SMILES string of the molecule is Cc1cc(OCCCC2CCN(c3ccc(Cl)cn3)CC2)cc(C)c1C(=O)NC(C)CO. The molecule has 2 heterocycles. The maximum atomic E-state index is 12.5. The zero-order valence-electron chi connectivity index (χ0n) is 19.2. The molecule has 0 spiro atoms. The number of carbonyl (C=O) groups excluding carboxylic acids is 1. The zero-order chi connectivity index (χ0) is 23.1. The molecule has 1 atom stereocenters. The van der Waals surface area contributed by atoms with Gasteiger partial charge in [-0.05, 0) is 87.8 Å². The minimum atomic E-state index is -0.272. The van der Waals surface area contributed by atoms with Gasteiger partial charge in [0.2, 0.25) is 0 Å². The van der Waals surface area contributed by atoms with Gasteiger partial charge in [0, 0.05) is 30.9 Å². The number of ether oxygens (including phenoxy) is 1. The molecule has 2 N–H and O–H groups in total. The number of aliphatic hydroxyl groups is 1. The first-order valence-corrected chi connectivity index (χ1v) is 11.8. The summed E-state index contributed by atoms with van der Waals surface area (Å²) in [6, 6.07) is 7.45. The molecule has 1 unspecified atom stereocenters. The fourth-order valence-corrected chi connectivity index (χ4v) is 4.39. The summed E-state index contributed by atoms with van der Waals surface area (Å²) < 4.78 is 5.99. The van der Waals surface area contributed by atoms with Gasteiger partial charge in [-0.2, -0.15) is 0 Å². The number of pyridine rings is 1. The molecular weight excluding hydrogens is 426 g/mol. The van der Waals surface area contributed by atoms with Crippen molar-refractivity contribution in [2.45, 2.75) is 52.5 Å². The topological polar surface area (TPSA) is 74.7 Å². The Morgan fingerprint density at radius 3 is 2.56 bits per heavy atom. The zero-order valence-corrected chi connectivity index (χ0v) is 20.0. The summed E-state index contributed by atoms with van der Waals surface area (Å²) in [4.78, 5) is 19.2. The summed E-state index contributed by atoms with van der Waals surface area (Å²) in [5.74, 6) is 2.36. The highest BCUT2D eigenvalue weighted by atomic mass is 35.5. The van der Waals surface area contributed by atoms with Gasteiger partial charge in [0.1, 0.15) is 11.6 Å². The van der Waals surface area contributed by atoms with E-state index in [0.29, 0.717) is 23.1 Å². The lowest BCUT2D eigenvalue weighted by Gasteiger charge is -2.32. The Balaban J connectivity index is 1.42. The van der Waals surface area contributed by atoms with Crippen LogP contribution in [0.1, 0.15) is 54.1 Å². The van der Waals surface area contributed by atoms with Crippen molar-refractivity contribution >= 4 is 23.3 Å². The third-order valence-electron chi connectivity index (χ3n) is 6.06. The first kappa shape index (κ1) is 24.3. The maximum absolute atomic E-state index is 12.5. The molecule has 1 amide bonds. The first-order valence-electron chi connectivity index (χ1n) is 11.4. The van der Waals surface area contributed by atoms with E-state index in [1.807, 2.05) is 38.1 Å². The number of benzene rings is 1. The fraction of sp³-hybridized carbons (Fsp3) is 0.520. The predicted molar refractivity (Wildman–Crippen MR) is 129 cm³/mol. The van der Waals surface area contributed by atoms with Gasteiger partial charge in [-0.1, -0.05) is 11.6 Å². The average Bonchev–Trinajstić information content (AvgIpc) is 2.77. The standard InChI is InChI=1S/C25H34ClN3O3/c1-17-13-22(14-18(2)24(17)25(31)28-19(3)16-30)32-12-4-5-20-8-10-29(11-9-20)23-7-6-21(26)15-27-23/h6-7,13-15,19-20,30H,4-5,8-12,16H2,1-3H3,(H,28,31). The molecule has 1 saturated heterocycles. The Morgan fingerprint density at radius 1 is 1.28 bits per heavy atom. The molecule has 0 aliphatic carbocycles. The van der Waals surface area contributed by atoms with E-state index in [1.54, 1.807) is 13.1 Å². The number of hydrogen-bond acceptors (Lipinski definition) is 5. The Kier molecular flexibility index (Phi) is 8.76. The third kappa shape index (κ3) is 6.59. The molecule has 6 nitrogen and oxygen atoms in total. The van der Waals surface area contributed by atoms with Crippen LogP contribution in [0, 0.1) is 19.8 Å². The van der Waals surface area contributed by atoms with Crippen molar-refractivity contribution in [1.82, 2.24) is 10.3 Å². The highest BCUT2D eigenvalue weighted by Gasteiger charge is 2.20. The first-order chi connectivity index (χ1) is 15.4. The van der Waals surface area contributed by atoms with Gasteiger partial charge in [-0.3, -0.25) is 4.79 Å². The monoisotopic (exact) mass is 459 g/mol. The van der Waals surface area contributed by atoms with Crippen LogP contribution in [0.25, 0.3) is 0 Å². The molecule has 174 valence electrons. The number of nitrogens with zero attached hydrogens (tertiary/aromatic N) is 2. The van der Waals surface area contributed by atoms with Crippen LogP contribution in [-0.4, -0.2) is 48.3 Å². The van der Waals surface area contributed by atoms with Gasteiger partial charge >= 0.3 is 0 Å². The molecule has 0 saturated carbocycles. The Hall–Kier alpha value is -2.31. The molecule has 1 aromatic heterocycles. The fourth-order valence-electron chi connectivity index (χ4n) is 4.27. The van der Waals surface area contributed by atoms with E-state index in [2.05, 4.69) is 15.2 Å². The van der Waals surface area contributed by atoms with Crippen LogP contribution in [0.4, 0.5) is 5.82 Å². The van der Waals surface area contributed by atoms with Crippen LogP contribution in [-0.2, 0) is 0 Å². The molecule has 0 radical (unpaired) electrons. The van der Waals surface area contributed by atoms with E-state index in [0.717, 1.165) is 48.6 Å². The average molecular weight is 460 g/mol. The summed E-state index contributed by atoms with van der Waals surface area (Å²) >= 11 is 5.93. The molecule has 0 bridgehead atoms.